The highest BCUT2D eigenvalue weighted by Gasteiger charge is 2.18. The number of carbonyl (C=O) groups is 1. The Hall–Kier alpha value is -2.69. The zero-order valence-corrected chi connectivity index (χ0v) is 17.6. The molecule has 152 valence electrons. The van der Waals surface area contributed by atoms with E-state index < -0.39 is 6.10 Å². The molecule has 5 nitrogen and oxygen atoms in total. The van der Waals surface area contributed by atoms with Gasteiger partial charge in [0.2, 0.25) is 0 Å². The Labute approximate surface area is 168 Å². The number of methoxy groups -OCH3 is 1. The van der Waals surface area contributed by atoms with Crippen LogP contribution in [0.4, 0.5) is 0 Å². The number of amides is 1. The normalized spacial score (nSPS) is 13.4. The minimum Gasteiger partial charge on any atom is -0.497 e. The van der Waals surface area contributed by atoms with E-state index in [1.165, 1.54) is 5.56 Å². The third-order valence-corrected chi connectivity index (χ3v) is 4.35. The zero-order valence-electron chi connectivity index (χ0n) is 17.6. The van der Waals surface area contributed by atoms with E-state index >= 15 is 0 Å². The summed E-state index contributed by atoms with van der Waals surface area (Å²) in [4.78, 5) is 12.4. The monoisotopic (exact) mass is 385 g/mol. The molecular formula is C23H31NO4. The van der Waals surface area contributed by atoms with Gasteiger partial charge in [0.25, 0.3) is 5.91 Å². The molecule has 0 saturated heterocycles. The fourth-order valence-electron chi connectivity index (χ4n) is 2.59. The minimum absolute atomic E-state index is 0.0842. The van der Waals surface area contributed by atoms with Gasteiger partial charge in [-0.15, -0.1) is 0 Å². The molecule has 0 aliphatic heterocycles. The highest BCUT2D eigenvalue weighted by Crippen LogP contribution is 2.24. The maximum Gasteiger partial charge on any atom is 0.261 e. The predicted octanol–water partition coefficient (Wildman–Crippen LogP) is 4.34. The summed E-state index contributed by atoms with van der Waals surface area (Å²) < 4.78 is 16.6. The van der Waals surface area contributed by atoms with E-state index in [1.807, 2.05) is 55.5 Å². The van der Waals surface area contributed by atoms with E-state index in [1.54, 1.807) is 14.0 Å². The molecular weight excluding hydrogens is 354 g/mol. The Morgan fingerprint density at radius 1 is 0.929 bits per heavy atom. The second kappa shape index (κ2) is 9.49. The third-order valence-electron chi connectivity index (χ3n) is 4.35. The summed E-state index contributed by atoms with van der Waals surface area (Å²) in [5.74, 6) is 2.00. The zero-order chi connectivity index (χ0) is 20.7. The Balaban J connectivity index is 1.80. The lowest BCUT2D eigenvalue weighted by Gasteiger charge is -2.21. The molecule has 2 aromatic carbocycles. The molecule has 2 atom stereocenters. The highest BCUT2D eigenvalue weighted by molar-refractivity contribution is 5.81. The maximum absolute atomic E-state index is 12.4. The summed E-state index contributed by atoms with van der Waals surface area (Å²) in [6.07, 6.45) is -0.594. The van der Waals surface area contributed by atoms with E-state index in [-0.39, 0.29) is 17.4 Å². The van der Waals surface area contributed by atoms with Crippen molar-refractivity contribution >= 4 is 5.91 Å². The van der Waals surface area contributed by atoms with Gasteiger partial charge < -0.3 is 19.5 Å². The topological polar surface area (TPSA) is 56.8 Å². The van der Waals surface area contributed by atoms with E-state index in [9.17, 15) is 4.79 Å². The summed E-state index contributed by atoms with van der Waals surface area (Å²) in [6.45, 7) is 10.5. The van der Waals surface area contributed by atoms with E-state index in [0.717, 1.165) is 11.5 Å². The fourth-order valence-corrected chi connectivity index (χ4v) is 2.59. The molecule has 1 N–H and O–H groups in total. The van der Waals surface area contributed by atoms with Crippen molar-refractivity contribution in [2.24, 2.45) is 0 Å². The van der Waals surface area contributed by atoms with Crippen LogP contribution in [-0.4, -0.2) is 31.8 Å². The first kappa shape index (κ1) is 21.6. The van der Waals surface area contributed by atoms with E-state index in [0.29, 0.717) is 12.4 Å². The van der Waals surface area contributed by atoms with Crippen LogP contribution in [-0.2, 0) is 10.2 Å². The van der Waals surface area contributed by atoms with Crippen LogP contribution in [0.15, 0.2) is 48.5 Å². The molecule has 2 aromatic rings. The molecule has 0 saturated carbocycles. The molecule has 0 fully saturated rings. The molecule has 0 aromatic heterocycles. The van der Waals surface area contributed by atoms with Crippen molar-refractivity contribution in [1.82, 2.24) is 5.32 Å². The molecule has 0 spiro atoms. The molecule has 0 bridgehead atoms. The Morgan fingerprint density at radius 2 is 1.46 bits per heavy atom. The van der Waals surface area contributed by atoms with Gasteiger partial charge in [-0.1, -0.05) is 32.9 Å². The van der Waals surface area contributed by atoms with Crippen LogP contribution in [0.2, 0.25) is 0 Å². The lowest BCUT2D eigenvalue weighted by molar-refractivity contribution is -0.128. The van der Waals surface area contributed by atoms with Gasteiger partial charge in [0.15, 0.2) is 6.10 Å². The van der Waals surface area contributed by atoms with Crippen molar-refractivity contribution in [1.29, 1.82) is 0 Å². The maximum atomic E-state index is 12.4. The van der Waals surface area contributed by atoms with Gasteiger partial charge in [-0.05, 0) is 61.2 Å². The molecule has 0 aliphatic rings. The average molecular weight is 386 g/mol. The second-order valence-corrected chi connectivity index (χ2v) is 7.93. The summed E-state index contributed by atoms with van der Waals surface area (Å²) in [5, 5.41) is 2.91. The van der Waals surface area contributed by atoms with Gasteiger partial charge in [0, 0.05) is 0 Å². The number of rotatable bonds is 8. The van der Waals surface area contributed by atoms with Crippen LogP contribution in [0.1, 0.15) is 40.2 Å². The summed E-state index contributed by atoms with van der Waals surface area (Å²) >= 11 is 0. The standard InChI is InChI=1S/C23H31NO4/c1-16(15-27-20-13-11-19(26-6)12-14-20)24-22(25)17(2)28-21-9-7-18(8-10-21)23(3,4)5/h7-14,16-17H,15H2,1-6H3,(H,24,25)/t16-,17+/m0/s1. The van der Waals surface area contributed by atoms with Crippen LogP contribution >= 0.6 is 0 Å². The van der Waals surface area contributed by atoms with Crippen molar-refractivity contribution in [3.05, 3.63) is 54.1 Å². The molecule has 0 unspecified atom stereocenters. The van der Waals surface area contributed by atoms with Crippen LogP contribution in [0.3, 0.4) is 0 Å². The number of carbonyl (C=O) groups excluding carboxylic acids is 1. The molecule has 1 amide bonds. The van der Waals surface area contributed by atoms with E-state index in [4.69, 9.17) is 14.2 Å². The van der Waals surface area contributed by atoms with Crippen molar-refractivity contribution in [2.75, 3.05) is 13.7 Å². The SMILES string of the molecule is COc1ccc(OC[C@H](C)NC(=O)[C@@H](C)Oc2ccc(C(C)(C)C)cc2)cc1. The molecule has 28 heavy (non-hydrogen) atoms. The molecule has 5 heteroatoms. The molecule has 0 radical (unpaired) electrons. The van der Waals surface area contributed by atoms with Gasteiger partial charge in [0.05, 0.1) is 13.2 Å². The van der Waals surface area contributed by atoms with Gasteiger partial charge in [-0.3, -0.25) is 4.79 Å². The lowest BCUT2D eigenvalue weighted by atomic mass is 9.87. The van der Waals surface area contributed by atoms with Gasteiger partial charge in [-0.2, -0.15) is 0 Å². The summed E-state index contributed by atoms with van der Waals surface area (Å²) in [5.41, 5.74) is 1.31. The van der Waals surface area contributed by atoms with Gasteiger partial charge >= 0.3 is 0 Å². The Bertz CT molecular complexity index is 748. The van der Waals surface area contributed by atoms with Crippen LogP contribution < -0.4 is 19.5 Å². The predicted molar refractivity (Wildman–Crippen MR) is 111 cm³/mol. The van der Waals surface area contributed by atoms with Crippen LogP contribution in [0.25, 0.3) is 0 Å². The largest absolute Gasteiger partial charge is 0.497 e. The van der Waals surface area contributed by atoms with Crippen molar-refractivity contribution < 1.29 is 19.0 Å². The Morgan fingerprint density at radius 3 is 2.00 bits per heavy atom. The summed E-state index contributed by atoms with van der Waals surface area (Å²) in [6, 6.07) is 15.1. The molecule has 0 heterocycles. The summed E-state index contributed by atoms with van der Waals surface area (Å²) in [7, 11) is 1.62. The lowest BCUT2D eigenvalue weighted by Crippen LogP contribution is -2.43. The fraction of sp³-hybridized carbons (Fsp3) is 0.435. The number of ether oxygens (including phenoxy) is 3. The van der Waals surface area contributed by atoms with Crippen LogP contribution in [0, 0.1) is 0 Å². The smallest absolute Gasteiger partial charge is 0.261 e. The first-order valence-corrected chi connectivity index (χ1v) is 9.53. The van der Waals surface area contributed by atoms with Gasteiger partial charge in [0.1, 0.15) is 23.9 Å². The quantitative estimate of drug-likeness (QED) is 0.734. The highest BCUT2D eigenvalue weighted by atomic mass is 16.5. The third kappa shape index (κ3) is 6.48. The average Bonchev–Trinajstić information content (AvgIpc) is 2.66. The Kier molecular flexibility index (Phi) is 7.32. The number of nitrogens with one attached hydrogen (secondary N) is 1. The second-order valence-electron chi connectivity index (χ2n) is 7.93. The van der Waals surface area contributed by atoms with Crippen LogP contribution in [0.5, 0.6) is 17.2 Å². The van der Waals surface area contributed by atoms with Gasteiger partial charge in [-0.25, -0.2) is 0 Å². The molecule has 2 rings (SSSR count). The first-order valence-electron chi connectivity index (χ1n) is 9.53. The van der Waals surface area contributed by atoms with Crippen molar-refractivity contribution in [2.45, 2.75) is 52.2 Å². The van der Waals surface area contributed by atoms with E-state index in [2.05, 4.69) is 26.1 Å². The number of benzene rings is 2. The number of hydrogen-bond donors (Lipinski definition) is 1. The number of hydrogen-bond acceptors (Lipinski definition) is 4. The first-order chi connectivity index (χ1) is 13.2. The molecule has 0 aliphatic carbocycles. The van der Waals surface area contributed by atoms with Crippen molar-refractivity contribution in [3.63, 3.8) is 0 Å². The minimum atomic E-state index is -0.594. The van der Waals surface area contributed by atoms with Crippen molar-refractivity contribution in [3.8, 4) is 17.2 Å².